The van der Waals surface area contributed by atoms with Crippen LogP contribution in [0.25, 0.3) is 22.2 Å². The normalized spacial score (nSPS) is 17.3. The molecule has 5 rings (SSSR count). The minimum absolute atomic E-state index is 0.117. The maximum atomic E-state index is 12.9. The van der Waals surface area contributed by atoms with Gasteiger partial charge in [0.2, 0.25) is 5.91 Å². The molecule has 1 amide bonds. The van der Waals surface area contributed by atoms with E-state index < -0.39 is 15.9 Å². The molecule has 2 aromatic carbocycles. The summed E-state index contributed by atoms with van der Waals surface area (Å²) in [6, 6.07) is 15.2. The lowest BCUT2D eigenvalue weighted by molar-refractivity contribution is -0.125. The predicted octanol–water partition coefficient (Wildman–Crippen LogP) is 4.04. The van der Waals surface area contributed by atoms with E-state index in [1.807, 2.05) is 36.4 Å². The van der Waals surface area contributed by atoms with E-state index in [1.165, 1.54) is 0 Å². The fourth-order valence-electron chi connectivity index (χ4n) is 4.30. The minimum Gasteiger partial charge on any atom is -0.371 e. The third kappa shape index (κ3) is 3.47. The maximum absolute atomic E-state index is 12.9. The van der Waals surface area contributed by atoms with Crippen molar-refractivity contribution in [1.29, 1.82) is 0 Å². The highest BCUT2D eigenvalue weighted by Gasteiger charge is 2.29. The Labute approximate surface area is 176 Å². The molecule has 6 nitrogen and oxygen atoms in total. The third-order valence-corrected chi connectivity index (χ3v) is 7.60. The topological polar surface area (TPSA) is 82.3 Å². The van der Waals surface area contributed by atoms with Crippen molar-refractivity contribution in [2.24, 2.45) is 5.92 Å². The summed E-state index contributed by atoms with van der Waals surface area (Å²) in [4.78, 5) is 18.1. The molecule has 3 aromatic rings. The highest BCUT2D eigenvalue weighted by atomic mass is 32.2. The van der Waals surface area contributed by atoms with Crippen LogP contribution in [-0.4, -0.2) is 32.4 Å². The monoisotopic (exact) mass is 423 g/mol. The Morgan fingerprint density at radius 2 is 1.77 bits per heavy atom. The summed E-state index contributed by atoms with van der Waals surface area (Å²) in [7, 11) is -3.91. The lowest BCUT2D eigenvalue weighted by atomic mass is 9.85. The van der Waals surface area contributed by atoms with Crippen LogP contribution >= 0.6 is 0 Å². The number of fused-ring (bicyclic) bond motifs is 1. The first kappa shape index (κ1) is 19.2. The van der Waals surface area contributed by atoms with E-state index in [0.717, 1.165) is 73.0 Å². The number of aromatic amines is 1. The van der Waals surface area contributed by atoms with Gasteiger partial charge in [-0.2, -0.15) is 0 Å². The molecule has 0 bridgehead atoms. The number of hydrogen-bond donors (Lipinski definition) is 2. The Bertz CT molecular complexity index is 1170. The molecule has 2 heterocycles. The number of sulfonamides is 1. The summed E-state index contributed by atoms with van der Waals surface area (Å²) in [6.45, 7) is 1.91. The van der Waals surface area contributed by atoms with Gasteiger partial charge in [-0.1, -0.05) is 24.6 Å². The van der Waals surface area contributed by atoms with Gasteiger partial charge in [-0.15, -0.1) is 0 Å². The summed E-state index contributed by atoms with van der Waals surface area (Å²) < 4.78 is 28.1. The highest BCUT2D eigenvalue weighted by molar-refractivity contribution is 7.90. The second-order valence-electron chi connectivity index (χ2n) is 8.24. The van der Waals surface area contributed by atoms with Gasteiger partial charge in [-0.3, -0.25) is 4.79 Å². The number of nitrogens with one attached hydrogen (secondary N) is 2. The van der Waals surface area contributed by atoms with Crippen molar-refractivity contribution in [1.82, 2.24) is 9.71 Å². The molecule has 1 aliphatic heterocycles. The number of carbonyl (C=O) groups excluding carboxylic acids is 1. The van der Waals surface area contributed by atoms with E-state index in [2.05, 4.69) is 14.6 Å². The van der Waals surface area contributed by atoms with Crippen LogP contribution in [0.5, 0.6) is 0 Å². The van der Waals surface area contributed by atoms with Crippen LogP contribution in [0.3, 0.4) is 0 Å². The second-order valence-corrected chi connectivity index (χ2v) is 9.92. The van der Waals surface area contributed by atoms with E-state index in [4.69, 9.17) is 0 Å². The van der Waals surface area contributed by atoms with Gasteiger partial charge in [0.05, 0.1) is 4.90 Å². The molecule has 0 atom stereocenters. The zero-order chi connectivity index (χ0) is 20.7. The molecule has 1 aliphatic carbocycles. The average Bonchev–Trinajstić information content (AvgIpc) is 3.35. The van der Waals surface area contributed by atoms with Gasteiger partial charge in [-0.05, 0) is 56.0 Å². The molecule has 1 saturated carbocycles. The average molecular weight is 424 g/mol. The molecular weight excluding hydrogens is 398 g/mol. The van der Waals surface area contributed by atoms with E-state index in [-0.39, 0.29) is 10.8 Å². The van der Waals surface area contributed by atoms with Gasteiger partial charge in [0.1, 0.15) is 0 Å². The number of H-pyrrole nitrogens is 1. The molecule has 7 heteroatoms. The van der Waals surface area contributed by atoms with Gasteiger partial charge < -0.3 is 9.88 Å². The van der Waals surface area contributed by atoms with Gasteiger partial charge in [0, 0.05) is 46.9 Å². The van der Waals surface area contributed by atoms with Crippen LogP contribution in [0.1, 0.15) is 32.1 Å². The zero-order valence-electron chi connectivity index (χ0n) is 16.7. The van der Waals surface area contributed by atoms with Crippen molar-refractivity contribution in [3.8, 4) is 11.3 Å². The summed E-state index contributed by atoms with van der Waals surface area (Å²) >= 11 is 0. The van der Waals surface area contributed by atoms with Gasteiger partial charge >= 0.3 is 0 Å². The van der Waals surface area contributed by atoms with Crippen molar-refractivity contribution < 1.29 is 13.2 Å². The Morgan fingerprint density at radius 1 is 1.00 bits per heavy atom. The number of nitrogens with zero attached hydrogens (tertiary/aromatic N) is 1. The van der Waals surface area contributed by atoms with Crippen molar-refractivity contribution in [2.45, 2.75) is 37.0 Å². The van der Waals surface area contributed by atoms with Crippen LogP contribution in [0.2, 0.25) is 0 Å². The van der Waals surface area contributed by atoms with Crippen LogP contribution < -0.4 is 9.62 Å². The maximum Gasteiger partial charge on any atom is 0.264 e. The number of aromatic nitrogens is 1. The fraction of sp³-hybridized carbons (Fsp3) is 0.348. The van der Waals surface area contributed by atoms with E-state index in [1.54, 1.807) is 12.1 Å². The summed E-state index contributed by atoms with van der Waals surface area (Å²) in [5.74, 6) is -0.575. The summed E-state index contributed by atoms with van der Waals surface area (Å²) in [5, 5.41) is 1.08. The van der Waals surface area contributed by atoms with Crippen LogP contribution in [-0.2, 0) is 14.8 Å². The van der Waals surface area contributed by atoms with Crippen molar-refractivity contribution in [3.63, 3.8) is 0 Å². The van der Waals surface area contributed by atoms with Crippen LogP contribution in [0, 0.1) is 5.92 Å². The SMILES string of the molecule is O=C(NS(=O)(=O)c1ccc(N2CCCC2)c(-c2cc3ccccc3[nH]2)c1)C1CCC1. The first-order chi connectivity index (χ1) is 14.5. The summed E-state index contributed by atoms with van der Waals surface area (Å²) in [5.41, 5.74) is 3.74. The number of rotatable bonds is 5. The number of anilines is 1. The lowest BCUT2D eigenvalue weighted by Crippen LogP contribution is -2.38. The van der Waals surface area contributed by atoms with Crippen molar-refractivity contribution in [2.75, 3.05) is 18.0 Å². The first-order valence-corrected chi connectivity index (χ1v) is 12.0. The number of amides is 1. The molecule has 2 fully saturated rings. The molecule has 0 unspecified atom stereocenters. The van der Waals surface area contributed by atoms with Gasteiger partial charge in [0.25, 0.3) is 10.0 Å². The molecule has 156 valence electrons. The molecule has 30 heavy (non-hydrogen) atoms. The molecule has 0 spiro atoms. The van der Waals surface area contributed by atoms with Gasteiger partial charge in [-0.25, -0.2) is 13.1 Å². The van der Waals surface area contributed by atoms with E-state index in [0.29, 0.717) is 0 Å². The smallest absolute Gasteiger partial charge is 0.264 e. The van der Waals surface area contributed by atoms with Crippen molar-refractivity contribution in [3.05, 3.63) is 48.5 Å². The quantitative estimate of drug-likeness (QED) is 0.649. The minimum atomic E-state index is -3.91. The van der Waals surface area contributed by atoms with E-state index in [9.17, 15) is 13.2 Å². The standard InChI is InChI=1S/C23H25N3O3S/c27-23(16-7-5-8-16)25-30(28,29)18-10-11-22(26-12-3-4-13-26)19(15-18)21-14-17-6-1-2-9-20(17)24-21/h1-2,6,9-11,14-16,24H,3-5,7-8,12-13H2,(H,25,27). The molecule has 2 aliphatic rings. The zero-order valence-corrected chi connectivity index (χ0v) is 17.5. The summed E-state index contributed by atoms with van der Waals surface area (Å²) in [6.07, 6.45) is 4.76. The van der Waals surface area contributed by atoms with Gasteiger partial charge in [0.15, 0.2) is 0 Å². The van der Waals surface area contributed by atoms with Crippen LogP contribution in [0.15, 0.2) is 53.4 Å². The Hall–Kier alpha value is -2.80. The van der Waals surface area contributed by atoms with Crippen molar-refractivity contribution >= 4 is 32.5 Å². The third-order valence-electron chi connectivity index (χ3n) is 6.26. The number of para-hydroxylation sites is 1. The molecular formula is C23H25N3O3S. The Morgan fingerprint density at radius 3 is 2.47 bits per heavy atom. The Balaban J connectivity index is 1.56. The fourth-order valence-corrected chi connectivity index (χ4v) is 5.36. The largest absolute Gasteiger partial charge is 0.371 e. The van der Waals surface area contributed by atoms with E-state index >= 15 is 0 Å². The number of carbonyl (C=O) groups is 1. The number of benzene rings is 2. The second kappa shape index (κ2) is 7.47. The predicted molar refractivity (Wildman–Crippen MR) is 118 cm³/mol. The Kier molecular flexibility index (Phi) is 4.77. The molecule has 0 radical (unpaired) electrons. The highest BCUT2D eigenvalue weighted by Crippen LogP contribution is 2.36. The molecule has 2 N–H and O–H groups in total. The number of hydrogen-bond acceptors (Lipinski definition) is 4. The molecule has 1 aromatic heterocycles. The lowest BCUT2D eigenvalue weighted by Gasteiger charge is -2.24. The van der Waals surface area contributed by atoms with Crippen LogP contribution in [0.4, 0.5) is 5.69 Å². The molecule has 1 saturated heterocycles. The first-order valence-electron chi connectivity index (χ1n) is 10.5.